The Morgan fingerprint density at radius 3 is 3.10 bits per heavy atom. The molecule has 0 bridgehead atoms. The first-order chi connectivity index (χ1) is 4.83. The van der Waals surface area contributed by atoms with E-state index in [1.165, 1.54) is 0 Å². The molecule has 2 N–H and O–H groups in total. The summed E-state index contributed by atoms with van der Waals surface area (Å²) in [5.74, 6) is 0. The van der Waals surface area contributed by atoms with Crippen LogP contribution in [0.5, 0.6) is 0 Å². The zero-order chi connectivity index (χ0) is 7.40. The average molecular weight is 141 g/mol. The Bertz CT molecular complexity index is 173. The molecule has 0 aliphatic rings. The molecule has 0 amide bonds. The van der Waals surface area contributed by atoms with Crippen molar-refractivity contribution in [3.05, 3.63) is 11.9 Å². The van der Waals surface area contributed by atoms with Gasteiger partial charge in [0.15, 0.2) is 0 Å². The molecule has 1 atom stereocenters. The number of hydrogen-bond donors (Lipinski definition) is 2. The molecule has 0 spiro atoms. The van der Waals surface area contributed by atoms with Crippen LogP contribution in [-0.4, -0.2) is 26.6 Å². The summed E-state index contributed by atoms with van der Waals surface area (Å²) in [4.78, 5) is 0. The molecule has 0 aliphatic carbocycles. The minimum atomic E-state index is -0.287. The zero-order valence-electron chi connectivity index (χ0n) is 5.91. The highest BCUT2D eigenvalue weighted by atomic mass is 16.3. The van der Waals surface area contributed by atoms with E-state index in [0.29, 0.717) is 6.42 Å². The first-order valence-electron chi connectivity index (χ1n) is 3.36. The van der Waals surface area contributed by atoms with Gasteiger partial charge in [-0.05, 0) is 6.42 Å². The van der Waals surface area contributed by atoms with Crippen LogP contribution in [0, 0.1) is 0 Å². The summed E-state index contributed by atoms with van der Waals surface area (Å²) in [7, 11) is 0. The molecule has 0 radical (unpaired) electrons. The summed E-state index contributed by atoms with van der Waals surface area (Å²) < 4.78 is 0. The molecule has 56 valence electrons. The lowest BCUT2D eigenvalue weighted by molar-refractivity contribution is 0.169. The topological polar surface area (TPSA) is 61.8 Å². The Labute approximate surface area is 59.3 Å². The number of aromatic nitrogens is 3. The smallest absolute Gasteiger partial charge is 0.0850 e. The molecular formula is C6H11N3O. The van der Waals surface area contributed by atoms with Crippen molar-refractivity contribution in [1.82, 2.24) is 15.4 Å². The maximum atomic E-state index is 9.15. The maximum Gasteiger partial charge on any atom is 0.0850 e. The lowest BCUT2D eigenvalue weighted by Gasteiger charge is -2.01. The van der Waals surface area contributed by atoms with Crippen molar-refractivity contribution in [2.45, 2.75) is 25.9 Å². The van der Waals surface area contributed by atoms with E-state index in [1.54, 1.807) is 6.20 Å². The SMILES string of the molecule is CCC(O)Cc1c[nH]nn1. The number of H-pyrrole nitrogens is 1. The van der Waals surface area contributed by atoms with Crippen LogP contribution in [-0.2, 0) is 6.42 Å². The van der Waals surface area contributed by atoms with Gasteiger partial charge in [-0.15, -0.1) is 5.10 Å². The van der Waals surface area contributed by atoms with Crippen LogP contribution in [0.1, 0.15) is 19.0 Å². The molecule has 0 saturated carbocycles. The number of nitrogens with one attached hydrogen (secondary N) is 1. The summed E-state index contributed by atoms with van der Waals surface area (Å²) in [6, 6.07) is 0. The van der Waals surface area contributed by atoms with E-state index < -0.39 is 0 Å². The largest absolute Gasteiger partial charge is 0.393 e. The predicted octanol–water partition coefficient (Wildman–Crippen LogP) is 0.118. The van der Waals surface area contributed by atoms with E-state index in [9.17, 15) is 0 Å². The van der Waals surface area contributed by atoms with Crippen molar-refractivity contribution >= 4 is 0 Å². The van der Waals surface area contributed by atoms with Gasteiger partial charge in [0.05, 0.1) is 11.8 Å². The molecule has 10 heavy (non-hydrogen) atoms. The van der Waals surface area contributed by atoms with Crippen LogP contribution >= 0.6 is 0 Å². The third-order valence-electron chi connectivity index (χ3n) is 1.38. The Balaban J connectivity index is 2.40. The normalized spacial score (nSPS) is 13.4. The van der Waals surface area contributed by atoms with Crippen LogP contribution in [0.4, 0.5) is 0 Å². The Morgan fingerprint density at radius 1 is 1.80 bits per heavy atom. The van der Waals surface area contributed by atoms with Gasteiger partial charge in [0.25, 0.3) is 0 Å². The lowest BCUT2D eigenvalue weighted by Crippen LogP contribution is -2.08. The van der Waals surface area contributed by atoms with Gasteiger partial charge in [-0.1, -0.05) is 12.1 Å². The first kappa shape index (κ1) is 7.21. The van der Waals surface area contributed by atoms with Crippen molar-refractivity contribution < 1.29 is 5.11 Å². The number of hydrogen-bond acceptors (Lipinski definition) is 3. The number of rotatable bonds is 3. The second-order valence-corrected chi connectivity index (χ2v) is 2.23. The van der Waals surface area contributed by atoms with Crippen LogP contribution in [0.3, 0.4) is 0 Å². The maximum absolute atomic E-state index is 9.15. The van der Waals surface area contributed by atoms with Gasteiger partial charge in [0.2, 0.25) is 0 Å². The van der Waals surface area contributed by atoms with Crippen molar-refractivity contribution in [2.75, 3.05) is 0 Å². The van der Waals surface area contributed by atoms with Crippen LogP contribution in [0.25, 0.3) is 0 Å². The first-order valence-corrected chi connectivity index (χ1v) is 3.36. The third kappa shape index (κ3) is 1.80. The lowest BCUT2D eigenvalue weighted by atomic mass is 10.2. The van der Waals surface area contributed by atoms with Crippen molar-refractivity contribution in [3.63, 3.8) is 0 Å². The molecule has 4 nitrogen and oxygen atoms in total. The average Bonchev–Trinajstić information content (AvgIpc) is 2.40. The van der Waals surface area contributed by atoms with E-state index in [1.807, 2.05) is 6.92 Å². The van der Waals surface area contributed by atoms with Gasteiger partial charge < -0.3 is 5.11 Å². The number of aromatic amines is 1. The third-order valence-corrected chi connectivity index (χ3v) is 1.38. The van der Waals surface area contributed by atoms with Crippen LogP contribution in [0.15, 0.2) is 6.20 Å². The highest BCUT2D eigenvalue weighted by Crippen LogP contribution is 1.98. The van der Waals surface area contributed by atoms with Crippen molar-refractivity contribution in [2.24, 2.45) is 0 Å². The van der Waals surface area contributed by atoms with Crippen molar-refractivity contribution in [3.8, 4) is 0 Å². The van der Waals surface area contributed by atoms with E-state index in [2.05, 4.69) is 15.4 Å². The number of nitrogens with zero attached hydrogens (tertiary/aromatic N) is 2. The summed E-state index contributed by atoms with van der Waals surface area (Å²) in [6.45, 7) is 1.94. The van der Waals surface area contributed by atoms with E-state index in [4.69, 9.17) is 5.11 Å². The molecule has 0 saturated heterocycles. The summed E-state index contributed by atoms with van der Waals surface area (Å²) in [5, 5.41) is 19.0. The van der Waals surface area contributed by atoms with E-state index in [0.717, 1.165) is 12.1 Å². The molecule has 1 aromatic heterocycles. The van der Waals surface area contributed by atoms with Gasteiger partial charge in [-0.25, -0.2) is 0 Å². The quantitative estimate of drug-likeness (QED) is 0.628. The molecule has 1 unspecified atom stereocenters. The minimum absolute atomic E-state index is 0.287. The standard InChI is InChI=1S/C6H11N3O/c1-2-6(10)3-5-4-7-9-8-5/h4,6,10H,2-3H2,1H3,(H,7,8,9). The van der Waals surface area contributed by atoms with Gasteiger partial charge in [-0.2, -0.15) is 0 Å². The highest BCUT2D eigenvalue weighted by Gasteiger charge is 2.03. The fourth-order valence-electron chi connectivity index (χ4n) is 0.711. The summed E-state index contributed by atoms with van der Waals surface area (Å²) in [5.41, 5.74) is 0.814. The van der Waals surface area contributed by atoms with Crippen LogP contribution < -0.4 is 0 Å². The molecule has 1 rings (SSSR count). The second-order valence-electron chi connectivity index (χ2n) is 2.23. The highest BCUT2D eigenvalue weighted by molar-refractivity contribution is 4.92. The molecule has 1 aromatic rings. The van der Waals surface area contributed by atoms with Gasteiger partial charge in [0.1, 0.15) is 0 Å². The molecule has 0 aromatic carbocycles. The number of aliphatic hydroxyl groups is 1. The monoisotopic (exact) mass is 141 g/mol. The van der Waals surface area contributed by atoms with Gasteiger partial charge >= 0.3 is 0 Å². The summed E-state index contributed by atoms with van der Waals surface area (Å²) in [6.07, 6.45) is 2.75. The molecule has 1 heterocycles. The number of aliphatic hydroxyl groups excluding tert-OH is 1. The minimum Gasteiger partial charge on any atom is -0.393 e. The van der Waals surface area contributed by atoms with Gasteiger partial charge in [-0.3, -0.25) is 5.10 Å². The van der Waals surface area contributed by atoms with Gasteiger partial charge in [0, 0.05) is 12.6 Å². The van der Waals surface area contributed by atoms with E-state index in [-0.39, 0.29) is 6.10 Å². The molecular weight excluding hydrogens is 130 g/mol. The fourth-order valence-corrected chi connectivity index (χ4v) is 0.711. The Morgan fingerprint density at radius 2 is 2.60 bits per heavy atom. The molecule has 4 heteroatoms. The van der Waals surface area contributed by atoms with Crippen molar-refractivity contribution in [1.29, 1.82) is 0 Å². The fraction of sp³-hybridized carbons (Fsp3) is 0.667. The molecule has 0 fully saturated rings. The second kappa shape index (κ2) is 3.31. The summed E-state index contributed by atoms with van der Waals surface area (Å²) >= 11 is 0. The van der Waals surface area contributed by atoms with E-state index >= 15 is 0 Å². The Hall–Kier alpha value is -0.900. The Kier molecular flexibility index (Phi) is 2.39. The predicted molar refractivity (Wildman–Crippen MR) is 36.4 cm³/mol. The molecule has 0 aliphatic heterocycles. The van der Waals surface area contributed by atoms with Crippen LogP contribution in [0.2, 0.25) is 0 Å². The zero-order valence-corrected chi connectivity index (χ0v) is 5.91.